The first kappa shape index (κ1) is 20.3. The van der Waals surface area contributed by atoms with Crippen LogP contribution in [0.25, 0.3) is 0 Å². The molecule has 4 rings (SSSR count). The summed E-state index contributed by atoms with van der Waals surface area (Å²) >= 11 is 1.58. The molecule has 2 unspecified atom stereocenters. The minimum absolute atomic E-state index is 0.0178. The standard InChI is InChI=1S/C24H25N3O2S/c1-15(2)14-27-21(19-11-7-13-30-19)20(17-9-4-5-10-18(17)24(27)29)23(28)26-22-16(3)8-6-12-25-22/h4-13,15,20-21H,14H2,1-3H3,(H,25,26,28). The molecule has 0 saturated carbocycles. The molecule has 3 aromatic rings. The van der Waals surface area contributed by atoms with E-state index in [0.29, 0.717) is 17.9 Å². The third-order valence-corrected chi connectivity index (χ3v) is 6.31. The molecule has 154 valence electrons. The van der Waals surface area contributed by atoms with Gasteiger partial charge in [0, 0.05) is 23.2 Å². The average Bonchev–Trinajstić information content (AvgIpc) is 3.25. The molecule has 1 aromatic carbocycles. The number of hydrogen-bond donors (Lipinski definition) is 1. The van der Waals surface area contributed by atoms with Crippen molar-refractivity contribution in [2.45, 2.75) is 32.7 Å². The van der Waals surface area contributed by atoms with Crippen LogP contribution >= 0.6 is 11.3 Å². The molecule has 2 aromatic heterocycles. The Bertz CT molecular complexity index is 1060. The quantitative estimate of drug-likeness (QED) is 0.631. The van der Waals surface area contributed by atoms with Crippen LogP contribution in [0.2, 0.25) is 0 Å². The van der Waals surface area contributed by atoms with E-state index in [1.54, 1.807) is 17.5 Å². The zero-order valence-corrected chi connectivity index (χ0v) is 18.1. The van der Waals surface area contributed by atoms with Crippen molar-refractivity contribution in [3.05, 3.63) is 81.7 Å². The van der Waals surface area contributed by atoms with Crippen LogP contribution in [-0.4, -0.2) is 28.2 Å². The van der Waals surface area contributed by atoms with Crippen molar-refractivity contribution in [2.24, 2.45) is 5.92 Å². The highest BCUT2D eigenvalue weighted by molar-refractivity contribution is 7.10. The van der Waals surface area contributed by atoms with Crippen molar-refractivity contribution in [1.82, 2.24) is 9.88 Å². The van der Waals surface area contributed by atoms with Crippen LogP contribution in [0.1, 0.15) is 52.2 Å². The van der Waals surface area contributed by atoms with Gasteiger partial charge in [-0.1, -0.05) is 44.2 Å². The van der Waals surface area contributed by atoms with E-state index in [9.17, 15) is 9.59 Å². The van der Waals surface area contributed by atoms with Gasteiger partial charge in [0.1, 0.15) is 5.82 Å². The molecule has 3 heterocycles. The van der Waals surface area contributed by atoms with Gasteiger partial charge in [-0.15, -0.1) is 11.3 Å². The summed E-state index contributed by atoms with van der Waals surface area (Å²) in [5.41, 5.74) is 2.27. The summed E-state index contributed by atoms with van der Waals surface area (Å²) in [5, 5.41) is 5.01. The molecule has 2 atom stereocenters. The smallest absolute Gasteiger partial charge is 0.254 e. The molecular weight excluding hydrogens is 394 g/mol. The van der Waals surface area contributed by atoms with E-state index in [-0.39, 0.29) is 23.8 Å². The number of nitrogens with zero attached hydrogens (tertiary/aromatic N) is 2. The number of nitrogens with one attached hydrogen (secondary N) is 1. The number of rotatable bonds is 5. The average molecular weight is 420 g/mol. The Morgan fingerprint density at radius 2 is 1.97 bits per heavy atom. The summed E-state index contributed by atoms with van der Waals surface area (Å²) in [6.45, 7) is 6.68. The maximum absolute atomic E-state index is 13.6. The molecule has 1 aliphatic rings. The number of aromatic nitrogens is 1. The minimum atomic E-state index is -0.516. The number of anilines is 1. The lowest BCUT2D eigenvalue weighted by atomic mass is 9.81. The summed E-state index contributed by atoms with van der Waals surface area (Å²) in [6.07, 6.45) is 1.67. The van der Waals surface area contributed by atoms with Crippen LogP contribution in [0, 0.1) is 12.8 Å². The molecule has 1 aliphatic heterocycles. The first-order valence-electron chi connectivity index (χ1n) is 10.1. The molecule has 0 fully saturated rings. The number of pyridine rings is 1. The topological polar surface area (TPSA) is 62.3 Å². The summed E-state index contributed by atoms with van der Waals surface area (Å²) in [6, 6.07) is 14.9. The van der Waals surface area contributed by atoms with Crippen molar-refractivity contribution < 1.29 is 9.59 Å². The molecule has 5 nitrogen and oxygen atoms in total. The van der Waals surface area contributed by atoms with Gasteiger partial charge in [0.25, 0.3) is 5.91 Å². The lowest BCUT2D eigenvalue weighted by molar-refractivity contribution is -0.119. The van der Waals surface area contributed by atoms with Gasteiger partial charge in [-0.05, 0) is 47.5 Å². The zero-order valence-electron chi connectivity index (χ0n) is 17.3. The number of hydrogen-bond acceptors (Lipinski definition) is 4. The van der Waals surface area contributed by atoms with Crippen LogP contribution in [0.4, 0.5) is 5.82 Å². The second-order valence-electron chi connectivity index (χ2n) is 8.03. The van der Waals surface area contributed by atoms with E-state index in [4.69, 9.17) is 0 Å². The van der Waals surface area contributed by atoms with Crippen molar-refractivity contribution >= 4 is 29.0 Å². The maximum Gasteiger partial charge on any atom is 0.254 e. The lowest BCUT2D eigenvalue weighted by Gasteiger charge is -2.42. The lowest BCUT2D eigenvalue weighted by Crippen LogP contribution is -2.47. The van der Waals surface area contributed by atoms with Gasteiger partial charge in [0.2, 0.25) is 5.91 Å². The monoisotopic (exact) mass is 419 g/mol. The first-order valence-corrected chi connectivity index (χ1v) is 11.0. The largest absolute Gasteiger partial charge is 0.329 e. The molecular formula is C24H25N3O2S. The Labute approximate surface area is 180 Å². The molecule has 0 spiro atoms. The molecule has 1 N–H and O–H groups in total. The number of aryl methyl sites for hydroxylation is 1. The fraction of sp³-hybridized carbons (Fsp3) is 0.292. The number of carbonyl (C=O) groups excluding carboxylic acids is 2. The molecule has 0 radical (unpaired) electrons. The predicted molar refractivity (Wildman–Crippen MR) is 120 cm³/mol. The van der Waals surface area contributed by atoms with E-state index >= 15 is 0 Å². The Balaban J connectivity index is 1.83. The fourth-order valence-electron chi connectivity index (χ4n) is 4.06. The first-order chi connectivity index (χ1) is 14.5. The van der Waals surface area contributed by atoms with Crippen molar-refractivity contribution in [3.8, 4) is 0 Å². The van der Waals surface area contributed by atoms with E-state index < -0.39 is 5.92 Å². The fourth-order valence-corrected chi connectivity index (χ4v) is 4.93. The minimum Gasteiger partial charge on any atom is -0.329 e. The van der Waals surface area contributed by atoms with Crippen molar-refractivity contribution in [3.63, 3.8) is 0 Å². The number of benzene rings is 1. The van der Waals surface area contributed by atoms with E-state index in [1.165, 1.54) is 0 Å². The number of thiophene rings is 1. The van der Waals surface area contributed by atoms with Crippen molar-refractivity contribution in [2.75, 3.05) is 11.9 Å². The van der Waals surface area contributed by atoms with Gasteiger partial charge in [-0.3, -0.25) is 9.59 Å². The molecule has 0 bridgehead atoms. The second kappa shape index (κ2) is 8.40. The predicted octanol–water partition coefficient (Wildman–Crippen LogP) is 5.03. The zero-order chi connectivity index (χ0) is 21.3. The summed E-state index contributed by atoms with van der Waals surface area (Å²) in [4.78, 5) is 34.3. The van der Waals surface area contributed by atoms with Crippen LogP contribution in [0.3, 0.4) is 0 Å². The molecule has 2 amide bonds. The second-order valence-corrected chi connectivity index (χ2v) is 9.01. The van der Waals surface area contributed by atoms with Crippen LogP contribution in [-0.2, 0) is 4.79 Å². The van der Waals surface area contributed by atoms with Gasteiger partial charge in [-0.2, -0.15) is 0 Å². The Morgan fingerprint density at radius 3 is 2.67 bits per heavy atom. The van der Waals surface area contributed by atoms with E-state index in [0.717, 1.165) is 16.0 Å². The number of fused-ring (bicyclic) bond motifs is 1. The molecule has 0 aliphatic carbocycles. The molecule has 6 heteroatoms. The summed E-state index contributed by atoms with van der Waals surface area (Å²) in [7, 11) is 0. The van der Waals surface area contributed by atoms with Gasteiger partial charge in [0.15, 0.2) is 0 Å². The van der Waals surface area contributed by atoms with Gasteiger partial charge in [-0.25, -0.2) is 4.98 Å². The Kier molecular flexibility index (Phi) is 5.68. The molecule has 30 heavy (non-hydrogen) atoms. The third kappa shape index (κ3) is 3.75. The number of amides is 2. The number of carbonyl (C=O) groups is 2. The van der Waals surface area contributed by atoms with Crippen LogP contribution < -0.4 is 5.32 Å². The highest BCUT2D eigenvalue weighted by Crippen LogP contribution is 2.44. The van der Waals surface area contributed by atoms with Crippen LogP contribution in [0.15, 0.2) is 60.1 Å². The van der Waals surface area contributed by atoms with Gasteiger partial charge in [0.05, 0.1) is 12.0 Å². The molecule has 0 saturated heterocycles. The Hall–Kier alpha value is -2.99. The van der Waals surface area contributed by atoms with E-state index in [2.05, 4.69) is 24.1 Å². The van der Waals surface area contributed by atoms with Crippen LogP contribution in [0.5, 0.6) is 0 Å². The third-order valence-electron chi connectivity index (χ3n) is 5.37. The van der Waals surface area contributed by atoms with Gasteiger partial charge < -0.3 is 10.2 Å². The van der Waals surface area contributed by atoms with Crippen molar-refractivity contribution in [1.29, 1.82) is 0 Å². The summed E-state index contributed by atoms with van der Waals surface area (Å²) < 4.78 is 0. The Morgan fingerprint density at radius 1 is 1.17 bits per heavy atom. The highest BCUT2D eigenvalue weighted by Gasteiger charge is 2.44. The SMILES string of the molecule is Cc1cccnc1NC(=O)C1c2ccccc2C(=O)N(CC(C)C)C1c1cccs1. The normalized spacial score (nSPS) is 18.4. The van der Waals surface area contributed by atoms with Gasteiger partial charge >= 0.3 is 0 Å². The highest BCUT2D eigenvalue weighted by atomic mass is 32.1. The summed E-state index contributed by atoms with van der Waals surface area (Å²) in [5.74, 6) is 0.151. The van der Waals surface area contributed by atoms with E-state index in [1.807, 2.05) is 65.7 Å². The maximum atomic E-state index is 13.6.